The number of esters is 1. The molecule has 0 saturated carbocycles. The summed E-state index contributed by atoms with van der Waals surface area (Å²) in [5, 5.41) is 2.46. The summed E-state index contributed by atoms with van der Waals surface area (Å²) in [6.45, 7) is 4.35. The van der Waals surface area contributed by atoms with Crippen LogP contribution in [-0.2, 0) is 9.53 Å². The molecule has 188 valence electrons. The number of hydrogen-bond donors (Lipinski definition) is 0. The van der Waals surface area contributed by atoms with Gasteiger partial charge in [-0.3, -0.25) is 9.36 Å². The van der Waals surface area contributed by atoms with Gasteiger partial charge in [0.15, 0.2) is 4.80 Å². The van der Waals surface area contributed by atoms with Crippen LogP contribution in [0, 0.1) is 0 Å². The quantitative estimate of drug-likeness (QED) is 0.302. The van der Waals surface area contributed by atoms with Crippen molar-refractivity contribution >= 4 is 52.0 Å². The molecule has 0 bridgehead atoms. The molecule has 37 heavy (non-hydrogen) atoms. The van der Waals surface area contributed by atoms with Crippen molar-refractivity contribution in [1.82, 2.24) is 4.57 Å². The van der Waals surface area contributed by atoms with Crippen LogP contribution in [0.4, 0.5) is 0 Å². The minimum Gasteiger partial charge on any atom is -0.493 e. The van der Waals surface area contributed by atoms with E-state index in [-0.39, 0.29) is 12.2 Å². The molecule has 2 aromatic carbocycles. The Hall–Kier alpha value is -3.46. The number of thiophene rings is 1. The van der Waals surface area contributed by atoms with Crippen molar-refractivity contribution < 1.29 is 14.3 Å². The van der Waals surface area contributed by atoms with Gasteiger partial charge in [0, 0.05) is 21.0 Å². The predicted octanol–water partition coefficient (Wildman–Crippen LogP) is 5.05. The van der Waals surface area contributed by atoms with Crippen molar-refractivity contribution in [3.8, 4) is 5.75 Å². The van der Waals surface area contributed by atoms with Crippen LogP contribution < -0.4 is 19.6 Å². The predicted molar refractivity (Wildman–Crippen MR) is 148 cm³/mol. The summed E-state index contributed by atoms with van der Waals surface area (Å²) in [6, 6.07) is 18.0. The number of hydrogen-bond acceptors (Lipinski definition) is 7. The smallest absolute Gasteiger partial charge is 0.338 e. The van der Waals surface area contributed by atoms with Gasteiger partial charge in [0.2, 0.25) is 0 Å². The number of halogens is 1. The first-order valence-corrected chi connectivity index (χ1v) is 13.8. The molecule has 5 rings (SSSR count). The second-order valence-corrected chi connectivity index (χ2v) is 10.5. The number of carbonyl (C=O) groups is 1. The van der Waals surface area contributed by atoms with Crippen LogP contribution in [0.25, 0.3) is 11.8 Å². The summed E-state index contributed by atoms with van der Waals surface area (Å²) in [4.78, 5) is 33.5. The van der Waals surface area contributed by atoms with Crippen molar-refractivity contribution in [2.45, 2.75) is 19.9 Å². The molecule has 0 radical (unpaired) electrons. The number of nitrogens with zero attached hydrogens (tertiary/aromatic N) is 2. The maximum absolute atomic E-state index is 13.9. The van der Waals surface area contributed by atoms with Crippen molar-refractivity contribution in [3.05, 3.63) is 112 Å². The van der Waals surface area contributed by atoms with E-state index in [0.29, 0.717) is 43.5 Å². The van der Waals surface area contributed by atoms with Gasteiger partial charge >= 0.3 is 5.97 Å². The Bertz CT molecular complexity index is 1650. The van der Waals surface area contributed by atoms with Gasteiger partial charge in [0.25, 0.3) is 5.56 Å². The number of rotatable bonds is 7. The molecule has 0 aliphatic carbocycles. The summed E-state index contributed by atoms with van der Waals surface area (Å²) in [7, 11) is 0. The summed E-state index contributed by atoms with van der Waals surface area (Å²) in [6.07, 6.45) is 1.77. The third-order valence-corrected chi connectivity index (χ3v) is 7.89. The van der Waals surface area contributed by atoms with Crippen LogP contribution in [0.3, 0.4) is 0 Å². The fourth-order valence-corrected chi connectivity index (χ4v) is 6.21. The molecule has 3 heterocycles. The molecule has 0 fully saturated rings. The molecule has 1 aliphatic rings. The minimum atomic E-state index is -0.668. The van der Waals surface area contributed by atoms with E-state index in [9.17, 15) is 9.59 Å². The molecule has 0 saturated heterocycles. The van der Waals surface area contributed by atoms with E-state index in [1.165, 1.54) is 22.7 Å². The number of fused-ring (bicyclic) bond motifs is 1. The summed E-state index contributed by atoms with van der Waals surface area (Å²) in [5.74, 6) is 0.135. The number of carbonyl (C=O) groups excluding carboxylic acids is 1. The molecule has 0 unspecified atom stereocenters. The minimum absolute atomic E-state index is 0.209. The van der Waals surface area contributed by atoms with Crippen LogP contribution in [0.1, 0.15) is 35.9 Å². The first kappa shape index (κ1) is 25.2. The molecule has 4 aromatic rings. The molecule has 1 atom stereocenters. The van der Waals surface area contributed by atoms with Crippen LogP contribution in [0.5, 0.6) is 5.75 Å². The van der Waals surface area contributed by atoms with Crippen molar-refractivity contribution in [2.75, 3.05) is 13.2 Å². The number of thiazole rings is 1. The van der Waals surface area contributed by atoms with E-state index < -0.39 is 12.0 Å². The molecule has 0 N–H and O–H groups in total. The number of ether oxygens (including phenoxy) is 2. The van der Waals surface area contributed by atoms with Crippen LogP contribution in [0.15, 0.2) is 81.4 Å². The van der Waals surface area contributed by atoms with E-state index in [0.717, 1.165) is 10.4 Å². The van der Waals surface area contributed by atoms with Gasteiger partial charge in [-0.2, -0.15) is 0 Å². The second kappa shape index (κ2) is 10.9. The maximum atomic E-state index is 13.9. The summed E-state index contributed by atoms with van der Waals surface area (Å²) in [5.41, 5.74) is 2.06. The van der Waals surface area contributed by atoms with Crippen LogP contribution in [-0.4, -0.2) is 23.8 Å². The first-order chi connectivity index (χ1) is 18.0. The third kappa shape index (κ3) is 4.92. The molecule has 6 nitrogen and oxygen atoms in total. The normalized spacial score (nSPS) is 15.3. The zero-order chi connectivity index (χ0) is 25.9. The Morgan fingerprint density at radius 1 is 1.11 bits per heavy atom. The highest BCUT2D eigenvalue weighted by molar-refractivity contribution is 7.10. The molecule has 9 heteroatoms. The number of aromatic nitrogens is 1. The zero-order valence-electron chi connectivity index (χ0n) is 20.1. The lowest BCUT2D eigenvalue weighted by molar-refractivity contribution is -0.138. The van der Waals surface area contributed by atoms with E-state index in [2.05, 4.69) is 0 Å². The molecule has 0 amide bonds. The van der Waals surface area contributed by atoms with E-state index in [1.807, 2.05) is 54.8 Å². The Balaban J connectivity index is 1.80. The van der Waals surface area contributed by atoms with Crippen LogP contribution >= 0.6 is 34.3 Å². The van der Waals surface area contributed by atoms with Gasteiger partial charge in [0.05, 0.1) is 29.0 Å². The molecule has 1 aliphatic heterocycles. The Kier molecular flexibility index (Phi) is 7.41. The fraction of sp³-hybridized carbons (Fsp3) is 0.179. The SMILES string of the molecule is CCOC(=O)C1=C(c2ccccc2)N=c2s/c(=C\c3cc(Cl)ccc3OCC)c(=O)n2[C@H]1c1cccs1. The largest absolute Gasteiger partial charge is 0.493 e. The molecule has 0 spiro atoms. The fourth-order valence-electron chi connectivity index (χ4n) is 4.22. The lowest BCUT2D eigenvalue weighted by Gasteiger charge is -2.24. The number of benzene rings is 2. The Morgan fingerprint density at radius 3 is 2.62 bits per heavy atom. The van der Waals surface area contributed by atoms with Gasteiger partial charge in [-0.1, -0.05) is 59.3 Å². The molecule has 2 aromatic heterocycles. The standard InChI is InChI=1S/C28H23ClN2O4S2/c1-3-34-20-13-12-19(29)15-18(20)16-22-26(32)31-25(21-11-8-14-36-21)23(27(33)35-4-2)24(30-28(31)37-22)17-9-6-5-7-10-17/h5-16,25H,3-4H2,1-2H3/b22-16-/t25-/m0/s1. The lowest BCUT2D eigenvalue weighted by Crippen LogP contribution is -2.39. The molecular formula is C28H23ClN2O4S2. The average Bonchev–Trinajstić information content (AvgIpc) is 3.54. The molecular weight excluding hydrogens is 528 g/mol. The second-order valence-electron chi connectivity index (χ2n) is 8.06. The average molecular weight is 551 g/mol. The highest BCUT2D eigenvalue weighted by Gasteiger charge is 2.35. The van der Waals surface area contributed by atoms with E-state index in [4.69, 9.17) is 26.1 Å². The lowest BCUT2D eigenvalue weighted by atomic mass is 9.97. The van der Waals surface area contributed by atoms with Crippen molar-refractivity contribution in [1.29, 1.82) is 0 Å². The topological polar surface area (TPSA) is 69.9 Å². The van der Waals surface area contributed by atoms with E-state index in [1.54, 1.807) is 35.8 Å². The Labute approximate surface area is 226 Å². The summed E-state index contributed by atoms with van der Waals surface area (Å²) >= 11 is 8.99. The van der Waals surface area contributed by atoms with Crippen molar-refractivity contribution in [3.63, 3.8) is 0 Å². The maximum Gasteiger partial charge on any atom is 0.338 e. The van der Waals surface area contributed by atoms with Crippen molar-refractivity contribution in [2.24, 2.45) is 4.99 Å². The highest BCUT2D eigenvalue weighted by atomic mass is 35.5. The summed E-state index contributed by atoms with van der Waals surface area (Å²) < 4.78 is 13.3. The van der Waals surface area contributed by atoms with Crippen LogP contribution in [0.2, 0.25) is 5.02 Å². The van der Waals surface area contributed by atoms with Gasteiger partial charge in [0.1, 0.15) is 11.8 Å². The van der Waals surface area contributed by atoms with Gasteiger partial charge in [-0.05, 0) is 49.6 Å². The first-order valence-electron chi connectivity index (χ1n) is 11.8. The van der Waals surface area contributed by atoms with Gasteiger partial charge in [-0.15, -0.1) is 11.3 Å². The third-order valence-electron chi connectivity index (χ3n) is 5.74. The van der Waals surface area contributed by atoms with Gasteiger partial charge in [-0.25, -0.2) is 9.79 Å². The monoisotopic (exact) mass is 550 g/mol. The highest BCUT2D eigenvalue weighted by Crippen LogP contribution is 2.36. The zero-order valence-corrected chi connectivity index (χ0v) is 22.5. The van der Waals surface area contributed by atoms with Gasteiger partial charge < -0.3 is 9.47 Å². The van der Waals surface area contributed by atoms with E-state index >= 15 is 0 Å². The Morgan fingerprint density at radius 2 is 1.92 bits per heavy atom.